The Labute approximate surface area is 114 Å². The Morgan fingerprint density at radius 3 is 2.61 bits per heavy atom. The summed E-state index contributed by atoms with van der Waals surface area (Å²) in [7, 11) is -2.02. The van der Waals surface area contributed by atoms with E-state index in [0.29, 0.717) is 5.69 Å². The van der Waals surface area contributed by atoms with Crippen molar-refractivity contribution in [2.75, 3.05) is 4.72 Å². The summed E-state index contributed by atoms with van der Waals surface area (Å²) in [6.45, 7) is 1.93. The highest BCUT2D eigenvalue weighted by Gasteiger charge is 2.18. The Morgan fingerprint density at radius 1 is 1.33 bits per heavy atom. The third-order valence-corrected chi connectivity index (χ3v) is 4.79. The van der Waals surface area contributed by atoms with E-state index >= 15 is 0 Å². The number of aryl methyl sites for hydroxylation is 2. The third kappa shape index (κ3) is 2.56. The maximum atomic E-state index is 12.1. The van der Waals surface area contributed by atoms with Crippen LogP contribution in [-0.4, -0.2) is 18.2 Å². The number of nitrogens with one attached hydrogen (secondary N) is 1. The highest BCUT2D eigenvalue weighted by atomic mass is 79.9. The van der Waals surface area contributed by atoms with Crippen molar-refractivity contribution in [3.05, 3.63) is 40.5 Å². The molecular weight excluding hydrogens is 318 g/mol. The van der Waals surface area contributed by atoms with Crippen LogP contribution in [0.25, 0.3) is 0 Å². The molecule has 0 spiro atoms. The molecule has 0 atom stereocenters. The fourth-order valence-electron chi connectivity index (χ4n) is 1.49. The van der Waals surface area contributed by atoms with Crippen LogP contribution in [-0.2, 0) is 17.1 Å². The first-order valence-corrected chi connectivity index (χ1v) is 7.45. The van der Waals surface area contributed by atoms with Gasteiger partial charge in [-0.1, -0.05) is 22.0 Å². The highest BCUT2D eigenvalue weighted by molar-refractivity contribution is 9.10. The van der Waals surface area contributed by atoms with E-state index in [1.165, 1.54) is 16.9 Å². The molecule has 5 nitrogen and oxygen atoms in total. The number of halogens is 1. The Kier molecular flexibility index (Phi) is 3.45. The normalized spacial score (nSPS) is 11.5. The lowest BCUT2D eigenvalue weighted by Gasteiger charge is -2.09. The van der Waals surface area contributed by atoms with Crippen LogP contribution in [0.4, 0.5) is 5.69 Å². The predicted octanol–water partition coefficient (Wildman–Crippen LogP) is 2.29. The number of benzene rings is 1. The van der Waals surface area contributed by atoms with Gasteiger partial charge in [-0.15, -0.1) is 0 Å². The van der Waals surface area contributed by atoms with Crippen molar-refractivity contribution in [1.29, 1.82) is 0 Å². The molecule has 0 radical (unpaired) electrons. The van der Waals surface area contributed by atoms with Gasteiger partial charge in [-0.2, -0.15) is 13.5 Å². The second-order valence-corrected chi connectivity index (χ2v) is 6.35. The molecular formula is C11H12BrN3O2S. The third-order valence-electron chi connectivity index (χ3n) is 2.48. The fourth-order valence-corrected chi connectivity index (χ4v) is 3.04. The van der Waals surface area contributed by atoms with Gasteiger partial charge in [-0.3, -0.25) is 9.40 Å². The zero-order valence-corrected chi connectivity index (χ0v) is 12.3. The number of hydrogen-bond acceptors (Lipinski definition) is 3. The monoisotopic (exact) mass is 329 g/mol. The van der Waals surface area contributed by atoms with Gasteiger partial charge in [0, 0.05) is 11.5 Å². The second kappa shape index (κ2) is 4.74. The summed E-state index contributed by atoms with van der Waals surface area (Å²) >= 11 is 3.36. The van der Waals surface area contributed by atoms with Crippen LogP contribution in [0.2, 0.25) is 0 Å². The first kappa shape index (κ1) is 13.1. The van der Waals surface area contributed by atoms with E-state index in [4.69, 9.17) is 0 Å². The molecule has 1 heterocycles. The highest BCUT2D eigenvalue weighted by Crippen LogP contribution is 2.22. The summed E-state index contributed by atoms with van der Waals surface area (Å²) in [5, 5.41) is 3.97. The van der Waals surface area contributed by atoms with Crippen molar-refractivity contribution in [1.82, 2.24) is 9.78 Å². The number of hydrogen-bond donors (Lipinski definition) is 1. The van der Waals surface area contributed by atoms with Crippen molar-refractivity contribution in [2.24, 2.45) is 7.05 Å². The first-order valence-electron chi connectivity index (χ1n) is 5.17. The molecule has 0 aliphatic rings. The molecule has 0 amide bonds. The minimum atomic E-state index is -3.60. The van der Waals surface area contributed by atoms with Gasteiger partial charge in [0.1, 0.15) is 0 Å². The summed E-state index contributed by atoms with van der Waals surface area (Å²) in [6.07, 6.45) is 1.44. The molecule has 96 valence electrons. The number of sulfonamides is 1. The number of aromatic nitrogens is 2. The molecule has 0 saturated heterocycles. The average Bonchev–Trinajstić information content (AvgIpc) is 2.70. The lowest BCUT2D eigenvalue weighted by Crippen LogP contribution is -2.16. The van der Waals surface area contributed by atoms with Crippen LogP contribution in [0, 0.1) is 6.92 Å². The van der Waals surface area contributed by atoms with Gasteiger partial charge in [0.2, 0.25) is 0 Å². The van der Waals surface area contributed by atoms with Crippen LogP contribution in [0.3, 0.4) is 0 Å². The Bertz CT molecular complexity index is 679. The Morgan fingerprint density at radius 2 is 2.06 bits per heavy atom. The molecule has 18 heavy (non-hydrogen) atoms. The number of nitrogens with zero attached hydrogens (tertiary/aromatic N) is 2. The molecule has 0 saturated carbocycles. The summed E-state index contributed by atoms with van der Waals surface area (Å²) in [4.78, 5) is 0. The van der Waals surface area contributed by atoms with Crippen LogP contribution in [0.1, 0.15) is 5.56 Å². The summed E-state index contributed by atoms with van der Waals surface area (Å²) in [6, 6.07) is 6.73. The van der Waals surface area contributed by atoms with Crippen LogP contribution >= 0.6 is 15.9 Å². The van der Waals surface area contributed by atoms with Gasteiger partial charge in [0.05, 0.1) is 11.9 Å². The quantitative estimate of drug-likeness (QED) is 0.939. The SMILES string of the molecule is Cc1ccc(NS(=O)(=O)c2ccnn2C)cc1Br. The van der Waals surface area contributed by atoms with Crippen molar-refractivity contribution >= 4 is 31.6 Å². The van der Waals surface area contributed by atoms with Gasteiger partial charge < -0.3 is 0 Å². The van der Waals surface area contributed by atoms with E-state index in [0.717, 1.165) is 10.0 Å². The number of rotatable bonds is 3. The lowest BCUT2D eigenvalue weighted by molar-refractivity contribution is 0.582. The molecule has 0 fully saturated rings. The molecule has 0 unspecified atom stereocenters. The standard InChI is InChI=1S/C11H12BrN3O2S/c1-8-3-4-9(7-10(8)12)14-18(16,17)11-5-6-13-15(11)2/h3-7,14H,1-2H3. The van der Waals surface area contributed by atoms with Crippen LogP contribution in [0.5, 0.6) is 0 Å². The van der Waals surface area contributed by atoms with Gasteiger partial charge >= 0.3 is 0 Å². The molecule has 0 aliphatic heterocycles. The average molecular weight is 330 g/mol. The lowest BCUT2D eigenvalue weighted by atomic mass is 10.2. The largest absolute Gasteiger partial charge is 0.279 e. The van der Waals surface area contributed by atoms with Crippen LogP contribution in [0.15, 0.2) is 40.0 Å². The van der Waals surface area contributed by atoms with E-state index in [-0.39, 0.29) is 5.03 Å². The molecule has 0 bridgehead atoms. The van der Waals surface area contributed by atoms with Crippen molar-refractivity contribution in [2.45, 2.75) is 11.9 Å². The molecule has 1 N–H and O–H groups in total. The molecule has 1 aromatic carbocycles. The molecule has 2 rings (SSSR count). The Hall–Kier alpha value is -1.34. The maximum Gasteiger partial charge on any atom is 0.279 e. The van der Waals surface area contributed by atoms with Gasteiger partial charge in [-0.05, 0) is 30.7 Å². The van der Waals surface area contributed by atoms with Crippen molar-refractivity contribution < 1.29 is 8.42 Å². The van der Waals surface area contributed by atoms with E-state index in [2.05, 4.69) is 25.8 Å². The van der Waals surface area contributed by atoms with Crippen molar-refractivity contribution in [3.63, 3.8) is 0 Å². The zero-order valence-electron chi connectivity index (χ0n) is 9.88. The maximum absolute atomic E-state index is 12.1. The number of anilines is 1. The smallest absolute Gasteiger partial charge is 0.278 e. The fraction of sp³-hybridized carbons (Fsp3) is 0.182. The first-order chi connectivity index (χ1) is 8.40. The Balaban J connectivity index is 2.34. The van der Waals surface area contributed by atoms with Crippen LogP contribution < -0.4 is 4.72 Å². The predicted molar refractivity (Wildman–Crippen MR) is 72.9 cm³/mol. The van der Waals surface area contributed by atoms with Gasteiger partial charge in [-0.25, -0.2) is 0 Å². The molecule has 7 heteroatoms. The summed E-state index contributed by atoms with van der Waals surface area (Å²) in [5.74, 6) is 0. The van der Waals surface area contributed by atoms with E-state index in [1.807, 2.05) is 13.0 Å². The van der Waals surface area contributed by atoms with E-state index in [1.54, 1.807) is 19.2 Å². The molecule has 2 aromatic rings. The van der Waals surface area contributed by atoms with Gasteiger partial charge in [0.15, 0.2) is 5.03 Å². The molecule has 1 aromatic heterocycles. The molecule has 0 aliphatic carbocycles. The summed E-state index contributed by atoms with van der Waals surface area (Å²) < 4.78 is 28.9. The zero-order chi connectivity index (χ0) is 13.3. The second-order valence-electron chi connectivity index (χ2n) is 3.86. The van der Waals surface area contributed by atoms with E-state index in [9.17, 15) is 8.42 Å². The van der Waals surface area contributed by atoms with E-state index < -0.39 is 10.0 Å². The van der Waals surface area contributed by atoms with Crippen molar-refractivity contribution in [3.8, 4) is 0 Å². The van der Waals surface area contributed by atoms with Gasteiger partial charge in [0.25, 0.3) is 10.0 Å². The minimum Gasteiger partial charge on any atom is -0.278 e. The summed E-state index contributed by atoms with van der Waals surface area (Å²) in [5.41, 5.74) is 1.55. The minimum absolute atomic E-state index is 0.124. The topological polar surface area (TPSA) is 64.0 Å².